The Balaban J connectivity index is 1.80. The molecule has 3 aromatic rings. The average Bonchev–Trinajstić information content (AvgIpc) is 3.01. The average molecular weight is 414 g/mol. The molecule has 0 aliphatic carbocycles. The first-order chi connectivity index (χ1) is 14.9. The molecule has 0 bridgehead atoms. The first kappa shape index (κ1) is 20.5. The molecular weight excluding hydrogens is 391 g/mol. The van der Waals surface area contributed by atoms with Crippen molar-refractivity contribution in [2.45, 2.75) is 27.2 Å². The largest absolute Gasteiger partial charge is 0.350 e. The van der Waals surface area contributed by atoms with Crippen LogP contribution in [0.5, 0.6) is 0 Å². The van der Waals surface area contributed by atoms with Gasteiger partial charge in [0, 0.05) is 5.69 Å². The number of nitrogens with zero attached hydrogens (tertiary/aromatic N) is 1. The van der Waals surface area contributed by atoms with Crippen LogP contribution in [0.15, 0.2) is 72.4 Å². The molecule has 1 aliphatic heterocycles. The first-order valence-corrected chi connectivity index (χ1v) is 10.2. The van der Waals surface area contributed by atoms with E-state index in [2.05, 4.69) is 5.32 Å². The Morgan fingerprint density at radius 1 is 0.839 bits per heavy atom. The summed E-state index contributed by atoms with van der Waals surface area (Å²) in [6, 6.07) is 18.7. The number of rotatable bonds is 5. The van der Waals surface area contributed by atoms with Crippen molar-refractivity contribution in [3.05, 3.63) is 100 Å². The van der Waals surface area contributed by atoms with Crippen molar-refractivity contribution in [3.63, 3.8) is 0 Å². The maximum absolute atomic E-state index is 13.5. The number of hydrogen-bond donors (Lipinski definition) is 1. The fourth-order valence-corrected chi connectivity index (χ4v) is 3.61. The van der Waals surface area contributed by atoms with E-state index >= 15 is 0 Å². The molecular formula is C26H23FN2O2. The zero-order valence-corrected chi connectivity index (χ0v) is 17.7. The van der Waals surface area contributed by atoms with E-state index in [-0.39, 0.29) is 11.3 Å². The molecule has 4 nitrogen and oxygen atoms in total. The van der Waals surface area contributed by atoms with Crippen molar-refractivity contribution in [3.8, 4) is 0 Å². The van der Waals surface area contributed by atoms with Gasteiger partial charge in [0.25, 0.3) is 11.8 Å². The highest BCUT2D eigenvalue weighted by Gasteiger charge is 2.40. The van der Waals surface area contributed by atoms with Crippen LogP contribution < -0.4 is 10.2 Å². The van der Waals surface area contributed by atoms with Crippen LogP contribution in [-0.2, 0) is 16.0 Å². The molecule has 4 rings (SSSR count). The number of amides is 2. The third kappa shape index (κ3) is 3.87. The number of imide groups is 1. The lowest BCUT2D eigenvalue weighted by Gasteiger charge is -2.16. The number of hydrogen-bond acceptors (Lipinski definition) is 3. The standard InChI is InChI=1S/C26H23FN2O2/c1-4-18-6-13-22(14-7-18)29-25(30)23(19-8-10-20(27)11-9-19)24(26(29)31)28-21-12-5-16(2)17(3)15-21/h5-15,28H,4H2,1-3H3. The summed E-state index contributed by atoms with van der Waals surface area (Å²) in [6.45, 7) is 6.04. The van der Waals surface area contributed by atoms with E-state index in [0.29, 0.717) is 16.9 Å². The first-order valence-electron chi connectivity index (χ1n) is 10.2. The molecule has 5 heteroatoms. The molecule has 0 radical (unpaired) electrons. The number of carbonyl (C=O) groups is 2. The van der Waals surface area contributed by atoms with Crippen LogP contribution in [0.2, 0.25) is 0 Å². The van der Waals surface area contributed by atoms with Crippen LogP contribution >= 0.6 is 0 Å². The second-order valence-corrected chi connectivity index (χ2v) is 7.65. The lowest BCUT2D eigenvalue weighted by Crippen LogP contribution is -2.32. The van der Waals surface area contributed by atoms with Crippen LogP contribution in [0, 0.1) is 19.7 Å². The second-order valence-electron chi connectivity index (χ2n) is 7.65. The minimum atomic E-state index is -0.438. The Kier molecular flexibility index (Phi) is 5.42. The van der Waals surface area contributed by atoms with Crippen LogP contribution in [0.4, 0.5) is 15.8 Å². The smallest absolute Gasteiger partial charge is 0.282 e. The summed E-state index contributed by atoms with van der Waals surface area (Å²) in [5.41, 5.74) is 5.41. The number of halogens is 1. The predicted octanol–water partition coefficient (Wildman–Crippen LogP) is 5.40. The molecule has 1 aliphatic rings. The predicted molar refractivity (Wildman–Crippen MR) is 121 cm³/mol. The maximum atomic E-state index is 13.5. The van der Waals surface area contributed by atoms with Gasteiger partial charge < -0.3 is 5.32 Å². The minimum absolute atomic E-state index is 0.180. The van der Waals surface area contributed by atoms with E-state index in [1.165, 1.54) is 29.2 Å². The summed E-state index contributed by atoms with van der Waals surface area (Å²) in [4.78, 5) is 27.9. The van der Waals surface area contributed by atoms with E-state index in [4.69, 9.17) is 0 Å². The molecule has 0 atom stereocenters. The molecule has 2 amide bonds. The van der Waals surface area contributed by atoms with Crippen LogP contribution in [0.3, 0.4) is 0 Å². The molecule has 31 heavy (non-hydrogen) atoms. The Bertz CT molecular complexity index is 1200. The zero-order valence-electron chi connectivity index (χ0n) is 17.7. The Morgan fingerprint density at radius 2 is 1.52 bits per heavy atom. The lowest BCUT2D eigenvalue weighted by atomic mass is 10.0. The van der Waals surface area contributed by atoms with Gasteiger partial charge >= 0.3 is 0 Å². The lowest BCUT2D eigenvalue weighted by molar-refractivity contribution is -0.120. The Hall–Kier alpha value is -3.73. The van der Waals surface area contributed by atoms with E-state index in [1.807, 2.05) is 51.1 Å². The highest BCUT2D eigenvalue weighted by Crippen LogP contribution is 2.34. The second kappa shape index (κ2) is 8.19. The van der Waals surface area contributed by atoms with Crippen molar-refractivity contribution < 1.29 is 14.0 Å². The van der Waals surface area contributed by atoms with Crippen LogP contribution in [0.1, 0.15) is 29.2 Å². The van der Waals surface area contributed by atoms with E-state index in [9.17, 15) is 14.0 Å². The van der Waals surface area contributed by atoms with E-state index in [1.54, 1.807) is 12.1 Å². The summed E-state index contributed by atoms with van der Waals surface area (Å²) >= 11 is 0. The molecule has 1 N–H and O–H groups in total. The van der Waals surface area contributed by atoms with E-state index < -0.39 is 17.6 Å². The summed E-state index contributed by atoms with van der Waals surface area (Å²) in [7, 11) is 0. The van der Waals surface area contributed by atoms with Gasteiger partial charge in [-0.3, -0.25) is 9.59 Å². The number of anilines is 2. The molecule has 0 saturated carbocycles. The Morgan fingerprint density at radius 3 is 2.13 bits per heavy atom. The minimum Gasteiger partial charge on any atom is -0.350 e. The molecule has 3 aromatic carbocycles. The van der Waals surface area contributed by atoms with Gasteiger partial charge in [0.1, 0.15) is 11.5 Å². The fourth-order valence-electron chi connectivity index (χ4n) is 3.61. The van der Waals surface area contributed by atoms with Crippen molar-refractivity contribution >= 4 is 28.8 Å². The SMILES string of the molecule is CCc1ccc(N2C(=O)C(Nc3ccc(C)c(C)c3)=C(c3ccc(F)cc3)C2=O)cc1. The van der Waals surface area contributed by atoms with Gasteiger partial charge in [-0.2, -0.15) is 0 Å². The van der Waals surface area contributed by atoms with E-state index in [0.717, 1.165) is 23.1 Å². The molecule has 0 saturated heterocycles. The summed E-state index contributed by atoms with van der Waals surface area (Å²) in [5.74, 6) is -1.28. The van der Waals surface area contributed by atoms with Crippen molar-refractivity contribution in [1.29, 1.82) is 0 Å². The van der Waals surface area contributed by atoms with Crippen LogP contribution in [0.25, 0.3) is 5.57 Å². The topological polar surface area (TPSA) is 49.4 Å². The number of benzene rings is 3. The molecule has 0 aromatic heterocycles. The number of aryl methyl sites for hydroxylation is 3. The summed E-state index contributed by atoms with van der Waals surface area (Å²) < 4.78 is 13.5. The van der Waals surface area contributed by atoms with Crippen molar-refractivity contribution in [2.24, 2.45) is 0 Å². The van der Waals surface area contributed by atoms with Gasteiger partial charge in [0.05, 0.1) is 11.3 Å². The summed E-state index contributed by atoms with van der Waals surface area (Å²) in [6.07, 6.45) is 0.862. The molecule has 0 spiro atoms. The normalized spacial score (nSPS) is 13.9. The fraction of sp³-hybridized carbons (Fsp3) is 0.154. The van der Waals surface area contributed by atoms with Crippen molar-refractivity contribution in [2.75, 3.05) is 10.2 Å². The molecule has 156 valence electrons. The van der Waals surface area contributed by atoms with Crippen molar-refractivity contribution in [1.82, 2.24) is 0 Å². The van der Waals surface area contributed by atoms with Gasteiger partial charge in [-0.1, -0.05) is 37.3 Å². The maximum Gasteiger partial charge on any atom is 0.282 e. The van der Waals surface area contributed by atoms with Gasteiger partial charge in [0.2, 0.25) is 0 Å². The third-order valence-corrected chi connectivity index (χ3v) is 5.60. The monoisotopic (exact) mass is 414 g/mol. The highest BCUT2D eigenvalue weighted by molar-refractivity contribution is 6.46. The molecule has 1 heterocycles. The van der Waals surface area contributed by atoms with Gasteiger partial charge in [0.15, 0.2) is 0 Å². The van der Waals surface area contributed by atoms with Crippen LogP contribution in [-0.4, -0.2) is 11.8 Å². The Labute approximate surface area is 181 Å². The van der Waals surface area contributed by atoms with Gasteiger partial charge in [-0.15, -0.1) is 0 Å². The number of nitrogens with one attached hydrogen (secondary N) is 1. The molecule has 0 fully saturated rings. The highest BCUT2D eigenvalue weighted by atomic mass is 19.1. The number of carbonyl (C=O) groups excluding carboxylic acids is 2. The quantitative estimate of drug-likeness (QED) is 0.569. The summed E-state index contributed by atoms with van der Waals surface area (Å²) in [5, 5.41) is 3.15. The molecule has 0 unspecified atom stereocenters. The van der Waals surface area contributed by atoms with Gasteiger partial charge in [-0.25, -0.2) is 9.29 Å². The third-order valence-electron chi connectivity index (χ3n) is 5.60. The zero-order chi connectivity index (χ0) is 22.1. The van der Waals surface area contributed by atoms with Gasteiger partial charge in [-0.05, 0) is 78.9 Å².